The van der Waals surface area contributed by atoms with Gasteiger partial charge in [0.15, 0.2) is 17.2 Å². The third kappa shape index (κ3) is 3.33. The van der Waals surface area contributed by atoms with Gasteiger partial charge in [-0.2, -0.15) is 5.10 Å². The van der Waals surface area contributed by atoms with Crippen molar-refractivity contribution in [3.8, 4) is 5.88 Å². The van der Waals surface area contributed by atoms with Crippen molar-refractivity contribution in [1.82, 2.24) is 25.1 Å². The summed E-state index contributed by atoms with van der Waals surface area (Å²) in [5.74, 6) is 0.150. The minimum absolute atomic E-state index is 0.184. The van der Waals surface area contributed by atoms with E-state index >= 15 is 0 Å². The normalized spacial score (nSPS) is 18.6. The summed E-state index contributed by atoms with van der Waals surface area (Å²) in [7, 11) is -2.71. The first-order valence-electron chi connectivity index (χ1n) is 10.0. The Bertz CT molecular complexity index is 1160. The number of halogens is 1. The fourth-order valence-corrected chi connectivity index (χ4v) is 2.86. The van der Waals surface area contributed by atoms with Crippen LogP contribution in [0.3, 0.4) is 0 Å². The Morgan fingerprint density at radius 1 is 1.43 bits per heavy atom. The van der Waals surface area contributed by atoms with Crippen molar-refractivity contribution in [1.29, 1.82) is 0 Å². The number of nitrogens with one attached hydrogen (secondary N) is 2. The molecule has 0 radical (unpaired) electrons. The van der Waals surface area contributed by atoms with Gasteiger partial charge in [0.2, 0.25) is 5.88 Å². The number of amidine groups is 1. The molecule has 0 amide bonds. The molecule has 0 saturated carbocycles. The predicted octanol–water partition coefficient (Wildman–Crippen LogP) is 2.46. The van der Waals surface area contributed by atoms with Gasteiger partial charge in [0.25, 0.3) is 0 Å². The summed E-state index contributed by atoms with van der Waals surface area (Å²) >= 11 is 0. The van der Waals surface area contributed by atoms with Crippen LogP contribution in [0.2, 0.25) is 0 Å². The Hall–Kier alpha value is -3.27. The molecule has 28 heavy (non-hydrogen) atoms. The van der Waals surface area contributed by atoms with Crippen LogP contribution in [0, 0.1) is 5.82 Å². The summed E-state index contributed by atoms with van der Waals surface area (Å²) in [5.41, 5.74) is 3.46. The summed E-state index contributed by atoms with van der Waals surface area (Å²) in [6.07, 6.45) is 4.22. The van der Waals surface area contributed by atoms with E-state index in [0.29, 0.717) is 22.9 Å². The Morgan fingerprint density at radius 3 is 3.04 bits per heavy atom. The summed E-state index contributed by atoms with van der Waals surface area (Å²) in [6.45, 7) is 5.34. The lowest BCUT2D eigenvalue weighted by molar-refractivity contribution is -0.0269. The van der Waals surface area contributed by atoms with Crippen LogP contribution < -0.4 is 15.5 Å². The van der Waals surface area contributed by atoms with E-state index in [9.17, 15) is 4.39 Å². The predicted molar refractivity (Wildman–Crippen MR) is 101 cm³/mol. The number of fused-ring (bicyclic) bond motifs is 1. The minimum atomic E-state index is -2.71. The fourth-order valence-electron chi connectivity index (χ4n) is 2.86. The van der Waals surface area contributed by atoms with Gasteiger partial charge in [-0.25, -0.2) is 34.2 Å². The molecule has 9 nitrogen and oxygen atoms in total. The zero-order valence-electron chi connectivity index (χ0n) is 18.4. The number of rotatable bonds is 5. The number of aliphatic imine (C=N–C) groups is 1. The van der Waals surface area contributed by atoms with Crippen LogP contribution >= 0.6 is 0 Å². The maximum Gasteiger partial charge on any atom is 0.218 e. The number of nitrogens with zero attached hydrogens (tertiary/aromatic N) is 5. The smallest absolute Gasteiger partial charge is 0.218 e. The first-order chi connectivity index (χ1) is 14.5. The molecule has 0 bridgehead atoms. The molecule has 146 valence electrons. The van der Waals surface area contributed by atoms with Crippen molar-refractivity contribution in [2.45, 2.75) is 32.5 Å². The molecular weight excluding hydrogens is 365 g/mol. The molecule has 1 atom stereocenters. The van der Waals surface area contributed by atoms with E-state index < -0.39 is 24.6 Å². The van der Waals surface area contributed by atoms with Crippen molar-refractivity contribution in [3.63, 3.8) is 0 Å². The van der Waals surface area contributed by atoms with E-state index in [1.54, 1.807) is 29.9 Å². The lowest BCUT2D eigenvalue weighted by Gasteiger charge is -2.17. The highest BCUT2D eigenvalue weighted by atomic mass is 19.1. The van der Waals surface area contributed by atoms with Gasteiger partial charge in [0, 0.05) is 11.8 Å². The molecule has 0 fully saturated rings. The van der Waals surface area contributed by atoms with Gasteiger partial charge in [0.05, 0.1) is 35.1 Å². The molecule has 1 aliphatic rings. The largest absolute Gasteiger partial charge is 0.481 e. The quantitative estimate of drug-likeness (QED) is 0.693. The Morgan fingerprint density at radius 2 is 2.29 bits per heavy atom. The van der Waals surface area contributed by atoms with Crippen LogP contribution in [-0.2, 0) is 4.84 Å². The second-order valence-corrected chi connectivity index (χ2v) is 6.77. The summed E-state index contributed by atoms with van der Waals surface area (Å²) < 4.78 is 42.2. The van der Waals surface area contributed by atoms with E-state index in [1.807, 2.05) is 13.8 Å². The number of anilines is 1. The van der Waals surface area contributed by atoms with Gasteiger partial charge < -0.3 is 10.1 Å². The van der Waals surface area contributed by atoms with Crippen molar-refractivity contribution >= 4 is 17.3 Å². The summed E-state index contributed by atoms with van der Waals surface area (Å²) in [4.78, 5) is 18.2. The highest BCUT2D eigenvalue weighted by Gasteiger charge is 2.28. The molecule has 4 heterocycles. The molecule has 0 aromatic carbocycles. The monoisotopic (exact) mass is 388 g/mol. The van der Waals surface area contributed by atoms with Crippen LogP contribution in [0.1, 0.15) is 42.1 Å². The average molecular weight is 388 g/mol. The molecular formula is C18H20FN7O2. The van der Waals surface area contributed by atoms with Crippen LogP contribution in [0.5, 0.6) is 5.88 Å². The van der Waals surface area contributed by atoms with E-state index in [1.165, 1.54) is 6.07 Å². The molecule has 1 aliphatic heterocycles. The molecule has 0 unspecified atom stereocenters. The lowest BCUT2D eigenvalue weighted by Crippen LogP contribution is -2.23. The molecule has 0 spiro atoms. The maximum absolute atomic E-state index is 13.8. The number of hydrogen-bond acceptors (Lipinski definition) is 8. The third-order valence-electron chi connectivity index (χ3n) is 4.18. The second-order valence-electron chi connectivity index (χ2n) is 6.77. The lowest BCUT2D eigenvalue weighted by atomic mass is 10.1. The SMILES string of the molecule is [2H]C([2H])([2H])Oc1ncc(F)cc1[C@@H](C)Nc1ccn2ncc(C3=NC(C)(C)ON3)c2n1. The van der Waals surface area contributed by atoms with Crippen LogP contribution in [0.25, 0.3) is 5.65 Å². The Balaban J connectivity index is 1.64. The van der Waals surface area contributed by atoms with E-state index in [0.717, 1.165) is 6.20 Å². The van der Waals surface area contributed by atoms with E-state index in [2.05, 4.69) is 30.9 Å². The van der Waals surface area contributed by atoms with Gasteiger partial charge in [-0.3, -0.25) is 0 Å². The van der Waals surface area contributed by atoms with Crippen molar-refractivity contribution in [2.24, 2.45) is 4.99 Å². The second kappa shape index (κ2) is 6.71. The zero-order chi connectivity index (χ0) is 22.4. The number of methoxy groups -OCH3 is 1. The molecule has 3 aromatic heterocycles. The molecule has 10 heteroatoms. The topological polar surface area (TPSA) is 98.0 Å². The molecule has 3 aromatic rings. The number of hydrogen-bond donors (Lipinski definition) is 2. The van der Waals surface area contributed by atoms with Crippen molar-refractivity contribution in [2.75, 3.05) is 12.4 Å². The first kappa shape index (κ1) is 14.7. The van der Waals surface area contributed by atoms with E-state index in [4.69, 9.17) is 13.7 Å². The molecule has 0 saturated heterocycles. The number of ether oxygens (including phenoxy) is 1. The van der Waals surface area contributed by atoms with Crippen LogP contribution in [0.4, 0.5) is 10.2 Å². The van der Waals surface area contributed by atoms with Crippen molar-refractivity contribution < 1.29 is 18.1 Å². The number of aromatic nitrogens is 4. The van der Waals surface area contributed by atoms with Crippen LogP contribution in [0.15, 0.2) is 35.7 Å². The highest BCUT2D eigenvalue weighted by molar-refractivity contribution is 6.03. The maximum atomic E-state index is 13.8. The van der Waals surface area contributed by atoms with Gasteiger partial charge in [-0.1, -0.05) is 0 Å². The number of pyridine rings is 1. The summed E-state index contributed by atoms with van der Waals surface area (Å²) in [6, 6.07) is 2.29. The molecule has 2 N–H and O–H groups in total. The Kier molecular flexibility index (Phi) is 3.54. The molecule has 0 aliphatic carbocycles. The molecule has 4 rings (SSSR count). The van der Waals surface area contributed by atoms with Crippen LogP contribution in [-0.4, -0.2) is 38.2 Å². The van der Waals surface area contributed by atoms with Gasteiger partial charge in [-0.05, 0) is 32.9 Å². The van der Waals surface area contributed by atoms with Gasteiger partial charge >= 0.3 is 0 Å². The zero-order valence-corrected chi connectivity index (χ0v) is 15.4. The highest BCUT2D eigenvalue weighted by Crippen LogP contribution is 2.26. The standard InChI is InChI=1S/C18H20FN7O2/c1-10(12-7-11(19)8-20-17(12)27-4)22-14-5-6-26-16(23-14)13(9-21-26)15-24-18(2,3)28-25-15/h5-10H,1-4H3,(H,22,23)(H,24,25)/t10-/m1/s1/i4D3. The minimum Gasteiger partial charge on any atom is -0.481 e. The van der Waals surface area contributed by atoms with Crippen molar-refractivity contribution in [3.05, 3.63) is 47.7 Å². The number of hydroxylamine groups is 1. The van der Waals surface area contributed by atoms with Gasteiger partial charge in [0.1, 0.15) is 11.6 Å². The summed E-state index contributed by atoms with van der Waals surface area (Å²) in [5, 5.41) is 7.38. The average Bonchev–Trinajstić information content (AvgIpc) is 3.24. The first-order valence-corrected chi connectivity index (χ1v) is 8.50. The van der Waals surface area contributed by atoms with E-state index in [-0.39, 0.29) is 11.4 Å². The Labute approximate surface area is 164 Å². The fraction of sp³-hybridized carbons (Fsp3) is 0.333. The van der Waals surface area contributed by atoms with Gasteiger partial charge in [-0.15, -0.1) is 0 Å². The third-order valence-corrected chi connectivity index (χ3v) is 4.18.